The van der Waals surface area contributed by atoms with Gasteiger partial charge in [0.1, 0.15) is 5.15 Å². The quantitative estimate of drug-likeness (QED) is 0.728. The van der Waals surface area contributed by atoms with E-state index in [1.807, 2.05) is 6.92 Å². The van der Waals surface area contributed by atoms with Crippen LogP contribution >= 0.6 is 22.9 Å². The maximum Gasteiger partial charge on any atom is 0.259 e. The number of rotatable bonds is 1. The van der Waals surface area contributed by atoms with E-state index in [1.165, 1.54) is 21.8 Å². The van der Waals surface area contributed by atoms with Crippen molar-refractivity contribution in [2.75, 3.05) is 0 Å². The van der Waals surface area contributed by atoms with Crippen molar-refractivity contribution in [1.82, 2.24) is 9.38 Å². The molecule has 2 heterocycles. The van der Waals surface area contributed by atoms with Gasteiger partial charge in [-0.15, -0.1) is 11.3 Å². The van der Waals surface area contributed by atoms with Gasteiger partial charge in [0.15, 0.2) is 4.96 Å². The molecular formula is C8H7ClN2OS. The van der Waals surface area contributed by atoms with Crippen molar-refractivity contribution in [1.29, 1.82) is 0 Å². The molecule has 0 aliphatic heterocycles. The predicted octanol–water partition coefficient (Wildman–Crippen LogP) is 1.97. The summed E-state index contributed by atoms with van der Waals surface area (Å²) >= 11 is 7.18. The Morgan fingerprint density at radius 2 is 2.46 bits per heavy atom. The van der Waals surface area contributed by atoms with E-state index in [0.717, 1.165) is 12.1 Å². The van der Waals surface area contributed by atoms with Gasteiger partial charge in [-0.2, -0.15) is 0 Å². The molecule has 68 valence electrons. The van der Waals surface area contributed by atoms with Crippen LogP contribution in [0.1, 0.15) is 12.6 Å². The van der Waals surface area contributed by atoms with E-state index in [1.54, 1.807) is 5.38 Å². The third kappa shape index (κ3) is 1.36. The van der Waals surface area contributed by atoms with Gasteiger partial charge in [-0.1, -0.05) is 18.5 Å². The van der Waals surface area contributed by atoms with Crippen LogP contribution in [-0.4, -0.2) is 9.38 Å². The number of hydrogen-bond acceptors (Lipinski definition) is 3. The zero-order valence-corrected chi connectivity index (χ0v) is 8.52. The highest BCUT2D eigenvalue weighted by atomic mass is 35.5. The second-order valence-electron chi connectivity index (χ2n) is 2.62. The van der Waals surface area contributed by atoms with E-state index in [-0.39, 0.29) is 5.56 Å². The summed E-state index contributed by atoms with van der Waals surface area (Å²) in [5.41, 5.74) is 0.705. The minimum Gasteiger partial charge on any atom is -0.269 e. The molecule has 2 aromatic rings. The van der Waals surface area contributed by atoms with Crippen molar-refractivity contribution in [3.05, 3.63) is 32.6 Å². The second kappa shape index (κ2) is 3.12. The lowest BCUT2D eigenvalue weighted by Crippen LogP contribution is -2.13. The van der Waals surface area contributed by atoms with E-state index >= 15 is 0 Å². The first-order valence-corrected chi connectivity index (χ1v) is 5.14. The third-order valence-electron chi connectivity index (χ3n) is 1.78. The summed E-state index contributed by atoms with van der Waals surface area (Å²) in [4.78, 5) is 16.4. The molecule has 0 aliphatic rings. The summed E-state index contributed by atoms with van der Waals surface area (Å²) in [6.07, 6.45) is 0.765. The summed E-state index contributed by atoms with van der Waals surface area (Å²) in [5.74, 6) is 0. The van der Waals surface area contributed by atoms with Gasteiger partial charge in [0.2, 0.25) is 0 Å². The summed E-state index contributed by atoms with van der Waals surface area (Å²) in [6.45, 7) is 1.97. The van der Waals surface area contributed by atoms with E-state index in [0.29, 0.717) is 10.1 Å². The maximum atomic E-state index is 11.5. The maximum absolute atomic E-state index is 11.5. The molecule has 0 saturated heterocycles. The Balaban J connectivity index is 2.87. The zero-order chi connectivity index (χ0) is 9.42. The molecule has 0 radical (unpaired) electrons. The summed E-state index contributed by atoms with van der Waals surface area (Å²) in [6, 6.07) is 1.52. The Morgan fingerprint density at radius 3 is 3.15 bits per heavy atom. The molecule has 0 spiro atoms. The number of aryl methyl sites for hydroxylation is 1. The van der Waals surface area contributed by atoms with Gasteiger partial charge >= 0.3 is 0 Å². The lowest BCUT2D eigenvalue weighted by molar-refractivity contribution is 0.984. The molecule has 5 heteroatoms. The van der Waals surface area contributed by atoms with E-state index in [2.05, 4.69) is 4.98 Å². The van der Waals surface area contributed by atoms with E-state index in [4.69, 9.17) is 11.6 Å². The highest BCUT2D eigenvalue weighted by Crippen LogP contribution is 2.16. The molecule has 2 aromatic heterocycles. The van der Waals surface area contributed by atoms with Crippen LogP contribution in [0.2, 0.25) is 5.15 Å². The number of hydrogen-bond donors (Lipinski definition) is 0. The van der Waals surface area contributed by atoms with Crippen LogP contribution in [0.15, 0.2) is 16.2 Å². The van der Waals surface area contributed by atoms with Gasteiger partial charge in [-0.05, 0) is 6.42 Å². The van der Waals surface area contributed by atoms with Gasteiger partial charge in [0.25, 0.3) is 5.56 Å². The van der Waals surface area contributed by atoms with E-state index in [9.17, 15) is 4.79 Å². The van der Waals surface area contributed by atoms with Crippen LogP contribution in [0.5, 0.6) is 0 Å². The van der Waals surface area contributed by atoms with Crippen molar-refractivity contribution in [3.63, 3.8) is 0 Å². The van der Waals surface area contributed by atoms with Crippen molar-refractivity contribution in [3.8, 4) is 0 Å². The van der Waals surface area contributed by atoms with Gasteiger partial charge in [0.05, 0.1) is 0 Å². The molecule has 0 bridgehead atoms. The van der Waals surface area contributed by atoms with Gasteiger partial charge < -0.3 is 0 Å². The summed E-state index contributed by atoms with van der Waals surface area (Å²) in [5, 5.41) is 2.14. The predicted molar refractivity (Wildman–Crippen MR) is 53.7 cm³/mol. The number of fused-ring (bicyclic) bond motifs is 1. The fourth-order valence-electron chi connectivity index (χ4n) is 1.12. The SMILES string of the molecule is CCc1cc(=O)n2c(Cl)csc2n1. The first-order chi connectivity index (χ1) is 6.22. The summed E-state index contributed by atoms with van der Waals surface area (Å²) in [7, 11) is 0. The van der Waals surface area contributed by atoms with Crippen LogP contribution in [0.3, 0.4) is 0 Å². The Kier molecular flexibility index (Phi) is 2.09. The molecule has 0 aromatic carbocycles. The van der Waals surface area contributed by atoms with Crippen LogP contribution in [-0.2, 0) is 6.42 Å². The second-order valence-corrected chi connectivity index (χ2v) is 3.84. The molecule has 2 rings (SSSR count). The Bertz CT molecular complexity index is 502. The lowest BCUT2D eigenvalue weighted by Gasteiger charge is -1.96. The molecule has 0 fully saturated rings. The molecule has 0 aliphatic carbocycles. The molecule has 0 amide bonds. The highest BCUT2D eigenvalue weighted by Gasteiger charge is 2.05. The van der Waals surface area contributed by atoms with Crippen LogP contribution in [0, 0.1) is 0 Å². The Hall–Kier alpha value is -0.870. The highest BCUT2D eigenvalue weighted by molar-refractivity contribution is 7.15. The fraction of sp³-hybridized carbons (Fsp3) is 0.250. The average Bonchev–Trinajstić information content (AvgIpc) is 2.48. The third-order valence-corrected chi connectivity index (χ3v) is 3.01. The van der Waals surface area contributed by atoms with Crippen molar-refractivity contribution < 1.29 is 0 Å². The zero-order valence-electron chi connectivity index (χ0n) is 6.95. The number of aromatic nitrogens is 2. The molecule has 0 saturated carbocycles. The Labute approximate surface area is 83.6 Å². The van der Waals surface area contributed by atoms with Crippen molar-refractivity contribution in [2.45, 2.75) is 13.3 Å². The van der Waals surface area contributed by atoms with Crippen LogP contribution in [0.4, 0.5) is 0 Å². The van der Waals surface area contributed by atoms with Gasteiger partial charge in [0, 0.05) is 17.1 Å². The first-order valence-electron chi connectivity index (χ1n) is 3.88. The van der Waals surface area contributed by atoms with Crippen LogP contribution < -0.4 is 5.56 Å². The molecular weight excluding hydrogens is 208 g/mol. The minimum absolute atomic E-state index is 0.104. The monoisotopic (exact) mass is 214 g/mol. The topological polar surface area (TPSA) is 34.4 Å². The van der Waals surface area contributed by atoms with Gasteiger partial charge in [-0.25, -0.2) is 9.38 Å². The molecule has 0 unspecified atom stereocenters. The lowest BCUT2D eigenvalue weighted by atomic mass is 10.3. The minimum atomic E-state index is -0.104. The molecule has 3 nitrogen and oxygen atoms in total. The molecule has 0 N–H and O–H groups in total. The number of halogens is 1. The molecule has 13 heavy (non-hydrogen) atoms. The number of nitrogens with zero attached hydrogens (tertiary/aromatic N) is 2. The van der Waals surface area contributed by atoms with Crippen molar-refractivity contribution >= 4 is 27.9 Å². The fourth-order valence-corrected chi connectivity index (χ4v) is 2.24. The first kappa shape index (κ1) is 8.72. The molecule has 0 atom stereocenters. The smallest absolute Gasteiger partial charge is 0.259 e. The van der Waals surface area contributed by atoms with E-state index < -0.39 is 0 Å². The number of thiazole rings is 1. The van der Waals surface area contributed by atoms with Crippen molar-refractivity contribution in [2.24, 2.45) is 0 Å². The van der Waals surface area contributed by atoms with Crippen LogP contribution in [0.25, 0.3) is 4.96 Å². The average molecular weight is 215 g/mol. The Morgan fingerprint density at radius 1 is 1.69 bits per heavy atom. The largest absolute Gasteiger partial charge is 0.269 e. The standard InChI is InChI=1S/C8H7ClN2OS/c1-2-5-3-7(12)11-6(9)4-13-8(11)10-5/h3-4H,2H2,1H3. The van der Waals surface area contributed by atoms with Gasteiger partial charge in [-0.3, -0.25) is 4.79 Å². The normalized spacial score (nSPS) is 10.9. The summed E-state index contributed by atoms with van der Waals surface area (Å²) < 4.78 is 1.41.